The van der Waals surface area contributed by atoms with Crippen LogP contribution in [0.4, 0.5) is 5.95 Å². The Hall–Kier alpha value is -1.51. The van der Waals surface area contributed by atoms with Crippen LogP contribution in [0.3, 0.4) is 0 Å². The zero-order valence-corrected chi connectivity index (χ0v) is 15.8. The summed E-state index contributed by atoms with van der Waals surface area (Å²) >= 11 is 3.40. The van der Waals surface area contributed by atoms with Crippen molar-refractivity contribution in [2.75, 3.05) is 31.1 Å². The highest BCUT2D eigenvalue weighted by atomic mass is 79.9. The van der Waals surface area contributed by atoms with Gasteiger partial charge in [-0.1, -0.05) is 22.9 Å². The van der Waals surface area contributed by atoms with E-state index in [1.165, 1.54) is 0 Å². The van der Waals surface area contributed by atoms with Gasteiger partial charge in [0.05, 0.1) is 4.90 Å². The van der Waals surface area contributed by atoms with Crippen molar-refractivity contribution in [3.63, 3.8) is 0 Å². The Labute approximate surface area is 150 Å². The summed E-state index contributed by atoms with van der Waals surface area (Å²) in [5.74, 6) is 0.646. The molecule has 0 bridgehead atoms. The lowest BCUT2D eigenvalue weighted by Gasteiger charge is -2.34. The zero-order valence-electron chi connectivity index (χ0n) is 13.4. The molecule has 6 nitrogen and oxygen atoms in total. The number of piperazine rings is 1. The highest BCUT2D eigenvalue weighted by molar-refractivity contribution is 9.10. The van der Waals surface area contributed by atoms with Gasteiger partial charge in [0.25, 0.3) is 0 Å². The molecule has 0 atom stereocenters. The number of halogens is 1. The van der Waals surface area contributed by atoms with E-state index in [0.29, 0.717) is 43.4 Å². The van der Waals surface area contributed by atoms with Gasteiger partial charge in [-0.05, 0) is 36.2 Å². The summed E-state index contributed by atoms with van der Waals surface area (Å²) in [6.45, 7) is 3.99. The van der Waals surface area contributed by atoms with Crippen LogP contribution < -0.4 is 4.90 Å². The average molecular weight is 411 g/mol. The molecule has 0 radical (unpaired) electrons. The number of hydrogen-bond acceptors (Lipinski definition) is 5. The Morgan fingerprint density at radius 3 is 2.42 bits per heavy atom. The molecule has 0 aliphatic carbocycles. The molecule has 2 aromatic rings. The van der Waals surface area contributed by atoms with E-state index >= 15 is 0 Å². The van der Waals surface area contributed by atoms with Crippen molar-refractivity contribution in [1.29, 1.82) is 0 Å². The smallest absolute Gasteiger partial charge is 0.243 e. The van der Waals surface area contributed by atoms with Gasteiger partial charge in [-0.15, -0.1) is 0 Å². The Morgan fingerprint density at radius 2 is 1.79 bits per heavy atom. The van der Waals surface area contributed by atoms with Crippen LogP contribution in [0.2, 0.25) is 0 Å². The van der Waals surface area contributed by atoms with Gasteiger partial charge < -0.3 is 4.90 Å². The molecule has 0 N–H and O–H groups in total. The van der Waals surface area contributed by atoms with Crippen LogP contribution >= 0.6 is 15.9 Å². The summed E-state index contributed by atoms with van der Waals surface area (Å²) in [6, 6.07) is 7.11. The number of nitrogens with zero attached hydrogens (tertiary/aromatic N) is 4. The van der Waals surface area contributed by atoms with Crippen molar-refractivity contribution in [3.8, 4) is 0 Å². The fraction of sp³-hybridized carbons (Fsp3) is 0.375. The van der Waals surface area contributed by atoms with Crippen LogP contribution in [0.1, 0.15) is 12.5 Å². The maximum atomic E-state index is 13.0. The minimum absolute atomic E-state index is 0.401. The number of benzene rings is 1. The Morgan fingerprint density at radius 1 is 1.12 bits per heavy atom. The van der Waals surface area contributed by atoms with Gasteiger partial charge >= 0.3 is 0 Å². The molecule has 24 heavy (non-hydrogen) atoms. The fourth-order valence-electron chi connectivity index (χ4n) is 2.80. The van der Waals surface area contributed by atoms with Crippen molar-refractivity contribution in [1.82, 2.24) is 14.3 Å². The van der Waals surface area contributed by atoms with E-state index in [9.17, 15) is 8.42 Å². The minimum Gasteiger partial charge on any atom is -0.338 e. The molecule has 1 aromatic heterocycles. The molecule has 0 saturated carbocycles. The quantitative estimate of drug-likeness (QED) is 0.773. The van der Waals surface area contributed by atoms with Gasteiger partial charge in [0.2, 0.25) is 16.0 Å². The maximum Gasteiger partial charge on any atom is 0.243 e. The lowest BCUT2D eigenvalue weighted by atomic mass is 10.2. The summed E-state index contributed by atoms with van der Waals surface area (Å²) in [5, 5.41) is 0. The van der Waals surface area contributed by atoms with Gasteiger partial charge in [0.1, 0.15) is 0 Å². The maximum absolute atomic E-state index is 13.0. The van der Waals surface area contributed by atoms with Crippen LogP contribution in [-0.2, 0) is 16.4 Å². The molecule has 2 heterocycles. The third-order valence-electron chi connectivity index (χ3n) is 4.09. The molecule has 0 amide bonds. The summed E-state index contributed by atoms with van der Waals surface area (Å²) < 4.78 is 28.4. The number of hydrogen-bond donors (Lipinski definition) is 0. The normalized spacial score (nSPS) is 16.3. The molecule has 1 aromatic carbocycles. The van der Waals surface area contributed by atoms with Crippen molar-refractivity contribution >= 4 is 31.9 Å². The van der Waals surface area contributed by atoms with E-state index in [4.69, 9.17) is 0 Å². The van der Waals surface area contributed by atoms with Crippen molar-refractivity contribution in [2.45, 2.75) is 18.2 Å². The number of sulfonamides is 1. The van der Waals surface area contributed by atoms with Gasteiger partial charge in [0.15, 0.2) is 0 Å². The molecule has 8 heteroatoms. The monoisotopic (exact) mass is 410 g/mol. The number of rotatable bonds is 4. The predicted molar refractivity (Wildman–Crippen MR) is 96.5 cm³/mol. The van der Waals surface area contributed by atoms with Crippen LogP contribution in [-0.4, -0.2) is 48.9 Å². The number of anilines is 1. The van der Waals surface area contributed by atoms with E-state index in [2.05, 4.69) is 25.9 Å². The second kappa shape index (κ2) is 7.16. The molecule has 128 valence electrons. The molecular weight excluding hydrogens is 392 g/mol. The second-order valence-electron chi connectivity index (χ2n) is 5.55. The summed E-state index contributed by atoms with van der Waals surface area (Å²) in [5.41, 5.74) is 0.832. The van der Waals surface area contributed by atoms with Gasteiger partial charge in [-0.25, -0.2) is 18.4 Å². The third kappa shape index (κ3) is 3.45. The summed E-state index contributed by atoms with van der Waals surface area (Å²) in [6.07, 6.45) is 4.06. The lowest BCUT2D eigenvalue weighted by Crippen LogP contribution is -2.49. The van der Waals surface area contributed by atoms with E-state index in [1.807, 2.05) is 17.9 Å². The molecule has 1 aliphatic rings. The summed E-state index contributed by atoms with van der Waals surface area (Å²) in [4.78, 5) is 10.9. The lowest BCUT2D eigenvalue weighted by molar-refractivity contribution is 0.382. The Balaban J connectivity index is 1.78. The van der Waals surface area contributed by atoms with E-state index < -0.39 is 10.0 Å². The van der Waals surface area contributed by atoms with Crippen LogP contribution in [0.5, 0.6) is 0 Å². The van der Waals surface area contributed by atoms with Crippen molar-refractivity contribution in [2.24, 2.45) is 0 Å². The molecule has 1 saturated heterocycles. The van der Waals surface area contributed by atoms with Crippen LogP contribution in [0, 0.1) is 0 Å². The van der Waals surface area contributed by atoms with E-state index in [1.54, 1.807) is 34.9 Å². The first-order chi connectivity index (χ1) is 11.5. The van der Waals surface area contributed by atoms with Crippen LogP contribution in [0.25, 0.3) is 0 Å². The first kappa shape index (κ1) is 17.3. The topological polar surface area (TPSA) is 66.4 Å². The summed E-state index contributed by atoms with van der Waals surface area (Å²) in [7, 11) is -3.48. The van der Waals surface area contributed by atoms with E-state index in [0.717, 1.165) is 10.0 Å². The van der Waals surface area contributed by atoms with Crippen molar-refractivity contribution < 1.29 is 8.42 Å². The Kier molecular flexibility index (Phi) is 5.17. The SMILES string of the molecule is CCc1cc(Br)ccc1S(=O)(=O)N1CCN(c2ncccn2)CC1. The van der Waals surface area contributed by atoms with Crippen LogP contribution in [0.15, 0.2) is 46.0 Å². The molecule has 1 aliphatic heterocycles. The van der Waals surface area contributed by atoms with Gasteiger partial charge in [-0.3, -0.25) is 0 Å². The molecule has 0 spiro atoms. The molecule has 3 rings (SSSR count). The second-order valence-corrected chi connectivity index (χ2v) is 8.37. The molecule has 1 fully saturated rings. The fourth-order valence-corrected chi connectivity index (χ4v) is 4.90. The average Bonchev–Trinajstić information content (AvgIpc) is 2.62. The zero-order chi connectivity index (χ0) is 17.2. The molecule has 0 unspecified atom stereocenters. The van der Waals surface area contributed by atoms with E-state index in [-0.39, 0.29) is 0 Å². The standard InChI is InChI=1S/C16H19BrN4O2S/c1-2-13-12-14(17)4-5-15(13)24(22,23)21-10-8-20(9-11-21)16-18-6-3-7-19-16/h3-7,12H,2,8-11H2,1H3. The van der Waals surface area contributed by atoms with Crippen molar-refractivity contribution in [3.05, 3.63) is 46.7 Å². The number of aryl methyl sites for hydroxylation is 1. The minimum atomic E-state index is -3.48. The largest absolute Gasteiger partial charge is 0.338 e. The Bertz CT molecular complexity index is 806. The molecular formula is C16H19BrN4O2S. The highest BCUT2D eigenvalue weighted by Crippen LogP contribution is 2.25. The first-order valence-electron chi connectivity index (χ1n) is 7.83. The number of aromatic nitrogens is 2. The third-order valence-corrected chi connectivity index (χ3v) is 6.59. The highest BCUT2D eigenvalue weighted by Gasteiger charge is 2.30. The van der Waals surface area contributed by atoms with Gasteiger partial charge in [0, 0.05) is 43.0 Å². The van der Waals surface area contributed by atoms with Gasteiger partial charge in [-0.2, -0.15) is 4.31 Å². The predicted octanol–water partition coefficient (Wildman–Crippen LogP) is 2.31. The first-order valence-corrected chi connectivity index (χ1v) is 10.1.